The van der Waals surface area contributed by atoms with Crippen molar-refractivity contribution in [2.45, 2.75) is 6.92 Å². The Hall–Kier alpha value is -3.89. The van der Waals surface area contributed by atoms with Crippen molar-refractivity contribution < 1.29 is 27.6 Å². The van der Waals surface area contributed by atoms with E-state index in [1.54, 1.807) is 24.3 Å². The average molecular weight is 419 g/mol. The topological polar surface area (TPSA) is 103 Å². The van der Waals surface area contributed by atoms with Crippen LogP contribution in [-0.4, -0.2) is 36.6 Å². The quantitative estimate of drug-likeness (QED) is 0.638. The highest BCUT2D eigenvalue weighted by Crippen LogP contribution is 2.19. The SMILES string of the molecule is Cc1ccc(N2NC(C(=O)NCC(=O)Nc3ccc(F)c(F)c3F)=NCC2=O)cc1. The van der Waals surface area contributed by atoms with Gasteiger partial charge in [-0.2, -0.15) is 0 Å². The van der Waals surface area contributed by atoms with E-state index in [-0.39, 0.29) is 18.3 Å². The van der Waals surface area contributed by atoms with Crippen LogP contribution in [0.2, 0.25) is 0 Å². The summed E-state index contributed by atoms with van der Waals surface area (Å²) < 4.78 is 39.7. The minimum absolute atomic E-state index is 0.206. The molecule has 2 aromatic rings. The maximum atomic E-state index is 13.6. The molecule has 30 heavy (non-hydrogen) atoms. The number of nitrogens with zero attached hydrogens (tertiary/aromatic N) is 2. The predicted octanol–water partition coefficient (Wildman–Crippen LogP) is 1.42. The first-order valence-corrected chi connectivity index (χ1v) is 8.68. The van der Waals surface area contributed by atoms with Crippen LogP contribution >= 0.6 is 0 Å². The Bertz CT molecular complexity index is 1040. The van der Waals surface area contributed by atoms with Crippen LogP contribution in [0.15, 0.2) is 41.4 Å². The van der Waals surface area contributed by atoms with Gasteiger partial charge in [0.25, 0.3) is 11.8 Å². The smallest absolute Gasteiger partial charge is 0.288 e. The number of nitrogens with one attached hydrogen (secondary N) is 3. The number of rotatable bonds is 5. The monoisotopic (exact) mass is 419 g/mol. The van der Waals surface area contributed by atoms with Gasteiger partial charge < -0.3 is 10.6 Å². The number of aryl methyl sites for hydroxylation is 1. The van der Waals surface area contributed by atoms with Crippen LogP contribution in [0.3, 0.4) is 0 Å². The number of carbonyl (C=O) groups excluding carboxylic acids is 3. The number of amidine groups is 1. The maximum absolute atomic E-state index is 13.6. The van der Waals surface area contributed by atoms with Gasteiger partial charge in [0, 0.05) is 0 Å². The van der Waals surface area contributed by atoms with Gasteiger partial charge in [-0.05, 0) is 31.2 Å². The van der Waals surface area contributed by atoms with E-state index in [1.165, 1.54) is 0 Å². The summed E-state index contributed by atoms with van der Waals surface area (Å²) in [5.74, 6) is -6.94. The van der Waals surface area contributed by atoms with Crippen molar-refractivity contribution in [3.63, 3.8) is 0 Å². The molecule has 0 fully saturated rings. The molecule has 0 saturated heterocycles. The van der Waals surface area contributed by atoms with Crippen molar-refractivity contribution in [3.05, 3.63) is 59.4 Å². The van der Waals surface area contributed by atoms with Gasteiger partial charge in [-0.15, -0.1) is 0 Å². The lowest BCUT2D eigenvalue weighted by Crippen LogP contribution is -2.56. The summed E-state index contributed by atoms with van der Waals surface area (Å²) in [6.07, 6.45) is 0. The highest BCUT2D eigenvalue weighted by Gasteiger charge is 2.26. The number of benzene rings is 2. The minimum atomic E-state index is -1.72. The molecule has 8 nitrogen and oxygen atoms in total. The molecular weight excluding hydrogens is 403 g/mol. The molecular formula is C19H16F3N5O3. The van der Waals surface area contributed by atoms with Crippen LogP contribution in [0.4, 0.5) is 24.5 Å². The highest BCUT2D eigenvalue weighted by molar-refractivity contribution is 6.39. The Morgan fingerprint density at radius 1 is 1.10 bits per heavy atom. The molecule has 0 spiro atoms. The summed E-state index contributed by atoms with van der Waals surface area (Å²) in [6, 6.07) is 8.46. The molecule has 0 atom stereocenters. The number of hydrogen-bond donors (Lipinski definition) is 3. The minimum Gasteiger partial charge on any atom is -0.340 e. The van der Waals surface area contributed by atoms with E-state index in [2.05, 4.69) is 15.7 Å². The van der Waals surface area contributed by atoms with Crippen LogP contribution in [0, 0.1) is 24.4 Å². The van der Waals surface area contributed by atoms with Crippen molar-refractivity contribution >= 4 is 34.9 Å². The Morgan fingerprint density at radius 3 is 2.50 bits per heavy atom. The molecule has 0 radical (unpaired) electrons. The Labute approximate surface area is 168 Å². The van der Waals surface area contributed by atoms with Gasteiger partial charge in [0.2, 0.25) is 11.7 Å². The number of hydrogen-bond acceptors (Lipinski definition) is 5. The van der Waals surface area contributed by atoms with E-state index >= 15 is 0 Å². The van der Waals surface area contributed by atoms with Crippen LogP contribution in [0.5, 0.6) is 0 Å². The Morgan fingerprint density at radius 2 is 1.80 bits per heavy atom. The zero-order valence-electron chi connectivity index (χ0n) is 15.6. The van der Waals surface area contributed by atoms with Gasteiger partial charge in [0.1, 0.15) is 6.54 Å². The van der Waals surface area contributed by atoms with Gasteiger partial charge in [0.05, 0.1) is 17.9 Å². The van der Waals surface area contributed by atoms with Gasteiger partial charge in [0.15, 0.2) is 17.5 Å². The zero-order valence-corrected chi connectivity index (χ0v) is 15.6. The van der Waals surface area contributed by atoms with E-state index < -0.39 is 41.5 Å². The van der Waals surface area contributed by atoms with Crippen LogP contribution in [-0.2, 0) is 14.4 Å². The fourth-order valence-corrected chi connectivity index (χ4v) is 2.51. The van der Waals surface area contributed by atoms with Gasteiger partial charge in [-0.1, -0.05) is 17.7 Å². The second kappa shape index (κ2) is 8.64. The van der Waals surface area contributed by atoms with E-state index in [9.17, 15) is 27.6 Å². The summed E-state index contributed by atoms with van der Waals surface area (Å²) in [4.78, 5) is 40.0. The molecule has 156 valence electrons. The van der Waals surface area contributed by atoms with Crippen molar-refractivity contribution in [1.82, 2.24) is 10.7 Å². The first kappa shape index (κ1) is 20.8. The fourth-order valence-electron chi connectivity index (χ4n) is 2.51. The largest absolute Gasteiger partial charge is 0.340 e. The third-order valence-electron chi connectivity index (χ3n) is 4.07. The third kappa shape index (κ3) is 4.57. The lowest BCUT2D eigenvalue weighted by Gasteiger charge is -2.27. The molecule has 0 bridgehead atoms. The van der Waals surface area contributed by atoms with Crippen LogP contribution in [0.25, 0.3) is 0 Å². The number of carbonyl (C=O) groups is 3. The molecule has 11 heteroatoms. The van der Waals surface area contributed by atoms with Crippen molar-refractivity contribution in [1.29, 1.82) is 0 Å². The molecule has 0 saturated carbocycles. The third-order valence-corrected chi connectivity index (χ3v) is 4.07. The van der Waals surface area contributed by atoms with Crippen LogP contribution in [0.1, 0.15) is 5.56 Å². The summed E-state index contributed by atoms with van der Waals surface area (Å²) in [5, 5.41) is 5.42. The molecule has 1 aliphatic heterocycles. The number of hydrazine groups is 1. The molecule has 3 N–H and O–H groups in total. The zero-order chi connectivity index (χ0) is 21.8. The molecule has 1 aliphatic rings. The first-order chi connectivity index (χ1) is 14.3. The van der Waals surface area contributed by atoms with E-state index in [1.807, 2.05) is 12.2 Å². The van der Waals surface area contributed by atoms with Crippen LogP contribution < -0.4 is 21.1 Å². The number of aliphatic imine (C=N–C) groups is 1. The molecule has 0 unspecified atom stereocenters. The van der Waals surface area contributed by atoms with Crippen molar-refractivity contribution in [2.24, 2.45) is 4.99 Å². The second-order valence-corrected chi connectivity index (χ2v) is 6.30. The Balaban J connectivity index is 1.59. The normalized spacial score (nSPS) is 13.4. The van der Waals surface area contributed by atoms with Crippen molar-refractivity contribution in [2.75, 3.05) is 23.4 Å². The van der Waals surface area contributed by atoms with Gasteiger partial charge in [-0.3, -0.25) is 24.8 Å². The second-order valence-electron chi connectivity index (χ2n) is 6.30. The Kier molecular flexibility index (Phi) is 6.00. The number of anilines is 2. The van der Waals surface area contributed by atoms with E-state index in [4.69, 9.17) is 0 Å². The lowest BCUT2D eigenvalue weighted by atomic mass is 10.2. The number of halogens is 3. The number of amides is 3. The molecule has 3 amide bonds. The summed E-state index contributed by atoms with van der Waals surface area (Å²) in [6.45, 7) is 0.999. The first-order valence-electron chi connectivity index (χ1n) is 8.68. The molecule has 3 rings (SSSR count). The molecule has 1 heterocycles. The molecule has 2 aromatic carbocycles. The van der Waals surface area contributed by atoms with Gasteiger partial charge >= 0.3 is 0 Å². The molecule has 0 aliphatic carbocycles. The lowest BCUT2D eigenvalue weighted by molar-refractivity contribution is -0.120. The van der Waals surface area contributed by atoms with Gasteiger partial charge in [-0.25, -0.2) is 18.2 Å². The van der Waals surface area contributed by atoms with E-state index in [0.29, 0.717) is 11.8 Å². The van der Waals surface area contributed by atoms with E-state index in [0.717, 1.165) is 16.6 Å². The standard InChI is InChI=1S/C19H16F3N5O3/c1-10-2-4-11(5-3-10)27-15(29)9-23-18(26-27)19(30)24-8-14(28)25-13-7-6-12(20)16(21)17(13)22/h2-7H,8-9H2,1H3,(H,23,26)(H,24,30)(H,25,28). The fraction of sp³-hybridized carbons (Fsp3) is 0.158. The van der Waals surface area contributed by atoms with Crippen molar-refractivity contribution in [3.8, 4) is 0 Å². The summed E-state index contributed by atoms with van der Waals surface area (Å²) >= 11 is 0. The highest BCUT2D eigenvalue weighted by atomic mass is 19.2. The summed E-state index contributed by atoms with van der Waals surface area (Å²) in [7, 11) is 0. The summed E-state index contributed by atoms with van der Waals surface area (Å²) in [5.41, 5.74) is 3.48. The predicted molar refractivity (Wildman–Crippen MR) is 102 cm³/mol. The average Bonchev–Trinajstić information content (AvgIpc) is 2.73. The molecule has 0 aromatic heterocycles. The maximum Gasteiger partial charge on any atom is 0.288 e.